The van der Waals surface area contributed by atoms with Crippen molar-refractivity contribution >= 4 is 32.5 Å². The average molecular weight is 265 g/mol. The Bertz CT molecular complexity index is 494. The van der Waals surface area contributed by atoms with Gasteiger partial charge in [-0.1, -0.05) is 19.1 Å². The summed E-state index contributed by atoms with van der Waals surface area (Å²) in [4.78, 5) is 4.61. The molecule has 0 radical (unpaired) electrons. The van der Waals surface area contributed by atoms with Crippen molar-refractivity contribution in [1.82, 2.24) is 4.98 Å². The molecule has 0 aliphatic heterocycles. The lowest BCUT2D eigenvalue weighted by Gasteiger charge is -2.09. The van der Waals surface area contributed by atoms with E-state index in [-0.39, 0.29) is 0 Å². The highest BCUT2D eigenvalue weighted by Gasteiger charge is 2.05. The zero-order valence-electron chi connectivity index (χ0n) is 8.84. The summed E-state index contributed by atoms with van der Waals surface area (Å²) < 4.78 is 1.05. The average Bonchev–Trinajstić information content (AvgIpc) is 2.28. The monoisotopic (exact) mass is 264 g/mol. The predicted octanol–water partition coefficient (Wildman–Crippen LogP) is 3.60. The molecule has 0 fully saturated rings. The quantitative estimate of drug-likeness (QED) is 0.897. The SMILES string of the molecule is CCc1cc(NC)c2cccc(Br)c2n1. The van der Waals surface area contributed by atoms with E-state index in [2.05, 4.69) is 45.3 Å². The van der Waals surface area contributed by atoms with E-state index in [9.17, 15) is 0 Å². The Labute approximate surface area is 97.8 Å². The Kier molecular flexibility index (Phi) is 2.91. The molecule has 0 unspecified atom stereocenters. The first-order chi connectivity index (χ1) is 7.26. The van der Waals surface area contributed by atoms with Crippen LogP contribution in [-0.2, 0) is 6.42 Å². The Morgan fingerprint density at radius 1 is 1.40 bits per heavy atom. The van der Waals surface area contributed by atoms with Crippen LogP contribution in [0.15, 0.2) is 28.7 Å². The number of pyridine rings is 1. The van der Waals surface area contributed by atoms with Gasteiger partial charge in [0.2, 0.25) is 0 Å². The third-order valence-corrected chi connectivity index (χ3v) is 3.11. The number of benzene rings is 1. The smallest absolute Gasteiger partial charge is 0.0867 e. The number of aromatic nitrogens is 1. The fourth-order valence-corrected chi connectivity index (χ4v) is 2.11. The summed E-state index contributed by atoms with van der Waals surface area (Å²) in [5.41, 5.74) is 3.28. The third-order valence-electron chi connectivity index (χ3n) is 2.47. The number of halogens is 1. The van der Waals surface area contributed by atoms with Gasteiger partial charge in [-0.3, -0.25) is 4.98 Å². The Balaban J connectivity index is 2.80. The van der Waals surface area contributed by atoms with Crippen LogP contribution in [-0.4, -0.2) is 12.0 Å². The van der Waals surface area contributed by atoms with Gasteiger partial charge >= 0.3 is 0 Å². The molecule has 0 bridgehead atoms. The van der Waals surface area contributed by atoms with E-state index in [1.165, 1.54) is 0 Å². The molecule has 1 heterocycles. The molecule has 0 atom stereocenters. The van der Waals surface area contributed by atoms with Crippen molar-refractivity contribution in [1.29, 1.82) is 0 Å². The van der Waals surface area contributed by atoms with Crippen molar-refractivity contribution in [2.75, 3.05) is 12.4 Å². The van der Waals surface area contributed by atoms with E-state index in [1.807, 2.05) is 19.2 Å². The number of nitrogens with zero attached hydrogens (tertiary/aromatic N) is 1. The number of rotatable bonds is 2. The van der Waals surface area contributed by atoms with Gasteiger partial charge in [0.1, 0.15) is 0 Å². The topological polar surface area (TPSA) is 24.9 Å². The molecule has 2 rings (SSSR count). The van der Waals surface area contributed by atoms with E-state index in [4.69, 9.17) is 0 Å². The fraction of sp³-hybridized carbons (Fsp3) is 0.250. The molecule has 0 spiro atoms. The largest absolute Gasteiger partial charge is 0.388 e. The van der Waals surface area contributed by atoms with E-state index in [0.717, 1.165) is 33.2 Å². The number of anilines is 1. The number of para-hydroxylation sites is 1. The van der Waals surface area contributed by atoms with E-state index in [0.29, 0.717) is 0 Å². The van der Waals surface area contributed by atoms with Crippen LogP contribution in [0.3, 0.4) is 0 Å². The Morgan fingerprint density at radius 2 is 2.20 bits per heavy atom. The molecule has 0 amide bonds. The van der Waals surface area contributed by atoms with E-state index < -0.39 is 0 Å². The number of fused-ring (bicyclic) bond motifs is 1. The number of aryl methyl sites for hydroxylation is 1. The van der Waals surface area contributed by atoms with Crippen molar-refractivity contribution in [2.24, 2.45) is 0 Å². The van der Waals surface area contributed by atoms with Crippen LogP contribution < -0.4 is 5.32 Å². The first-order valence-corrected chi connectivity index (χ1v) is 5.81. The van der Waals surface area contributed by atoms with Crippen molar-refractivity contribution in [3.8, 4) is 0 Å². The molecule has 2 aromatic rings. The molecule has 0 aliphatic rings. The highest BCUT2D eigenvalue weighted by Crippen LogP contribution is 2.28. The lowest BCUT2D eigenvalue weighted by atomic mass is 10.1. The standard InChI is InChI=1S/C12H13BrN2/c1-3-8-7-11(14-2)9-5-4-6-10(13)12(9)15-8/h4-7H,3H2,1-2H3,(H,14,15). The molecule has 1 aromatic heterocycles. The van der Waals surface area contributed by atoms with Gasteiger partial charge in [0, 0.05) is 28.3 Å². The highest BCUT2D eigenvalue weighted by molar-refractivity contribution is 9.10. The molecule has 78 valence electrons. The number of hydrogen-bond acceptors (Lipinski definition) is 2. The minimum absolute atomic E-state index is 0.950. The van der Waals surface area contributed by atoms with Crippen molar-refractivity contribution < 1.29 is 0 Å². The maximum absolute atomic E-state index is 4.61. The first-order valence-electron chi connectivity index (χ1n) is 5.02. The van der Waals surface area contributed by atoms with E-state index in [1.54, 1.807) is 0 Å². The van der Waals surface area contributed by atoms with Gasteiger partial charge in [0.25, 0.3) is 0 Å². The van der Waals surface area contributed by atoms with Crippen molar-refractivity contribution in [3.63, 3.8) is 0 Å². The molecular weight excluding hydrogens is 252 g/mol. The van der Waals surface area contributed by atoms with Crippen molar-refractivity contribution in [2.45, 2.75) is 13.3 Å². The summed E-state index contributed by atoms with van der Waals surface area (Å²) >= 11 is 3.53. The summed E-state index contributed by atoms with van der Waals surface area (Å²) in [6.45, 7) is 2.12. The molecule has 2 nitrogen and oxygen atoms in total. The van der Waals surface area contributed by atoms with Crippen LogP contribution in [0, 0.1) is 0 Å². The zero-order valence-corrected chi connectivity index (χ0v) is 10.4. The van der Waals surface area contributed by atoms with Crippen LogP contribution in [0.25, 0.3) is 10.9 Å². The molecule has 3 heteroatoms. The fourth-order valence-electron chi connectivity index (χ4n) is 1.65. The molecule has 0 saturated heterocycles. The lowest BCUT2D eigenvalue weighted by Crippen LogP contribution is -1.95. The third kappa shape index (κ3) is 1.84. The first kappa shape index (κ1) is 10.4. The Morgan fingerprint density at radius 3 is 2.87 bits per heavy atom. The van der Waals surface area contributed by atoms with Crippen LogP contribution in [0.5, 0.6) is 0 Å². The van der Waals surface area contributed by atoms with Crippen LogP contribution in [0.4, 0.5) is 5.69 Å². The summed E-state index contributed by atoms with van der Waals surface area (Å²) in [5, 5.41) is 4.37. The molecule has 15 heavy (non-hydrogen) atoms. The van der Waals surface area contributed by atoms with Gasteiger partial charge in [0.15, 0.2) is 0 Å². The van der Waals surface area contributed by atoms with Gasteiger partial charge in [-0.25, -0.2) is 0 Å². The van der Waals surface area contributed by atoms with E-state index >= 15 is 0 Å². The minimum atomic E-state index is 0.950. The second kappa shape index (κ2) is 4.19. The van der Waals surface area contributed by atoms with Gasteiger partial charge in [-0.05, 0) is 34.5 Å². The maximum atomic E-state index is 4.61. The second-order valence-corrected chi connectivity index (χ2v) is 4.26. The second-order valence-electron chi connectivity index (χ2n) is 3.40. The van der Waals surface area contributed by atoms with Crippen molar-refractivity contribution in [3.05, 3.63) is 34.4 Å². The van der Waals surface area contributed by atoms with Crippen LogP contribution in [0.2, 0.25) is 0 Å². The molecule has 1 aromatic carbocycles. The van der Waals surface area contributed by atoms with Gasteiger partial charge in [0.05, 0.1) is 5.52 Å². The van der Waals surface area contributed by atoms with Gasteiger partial charge < -0.3 is 5.32 Å². The summed E-state index contributed by atoms with van der Waals surface area (Å²) in [7, 11) is 1.94. The zero-order chi connectivity index (χ0) is 10.8. The molecule has 0 saturated carbocycles. The van der Waals surface area contributed by atoms with Crippen LogP contribution in [0.1, 0.15) is 12.6 Å². The summed E-state index contributed by atoms with van der Waals surface area (Å²) in [6, 6.07) is 8.24. The molecular formula is C12H13BrN2. The van der Waals surface area contributed by atoms with Crippen LogP contribution >= 0.6 is 15.9 Å². The normalized spacial score (nSPS) is 10.6. The highest BCUT2D eigenvalue weighted by atomic mass is 79.9. The predicted molar refractivity (Wildman–Crippen MR) is 68.4 cm³/mol. The Hall–Kier alpha value is -1.09. The lowest BCUT2D eigenvalue weighted by molar-refractivity contribution is 1.06. The van der Waals surface area contributed by atoms with Gasteiger partial charge in [-0.15, -0.1) is 0 Å². The minimum Gasteiger partial charge on any atom is -0.388 e. The number of hydrogen-bond donors (Lipinski definition) is 1. The molecule has 0 aliphatic carbocycles. The van der Waals surface area contributed by atoms with Gasteiger partial charge in [-0.2, -0.15) is 0 Å². The summed E-state index contributed by atoms with van der Waals surface area (Å²) in [6.07, 6.45) is 0.950. The molecule has 1 N–H and O–H groups in total. The summed E-state index contributed by atoms with van der Waals surface area (Å²) in [5.74, 6) is 0. The number of nitrogens with one attached hydrogen (secondary N) is 1. The maximum Gasteiger partial charge on any atom is 0.0867 e.